The summed E-state index contributed by atoms with van der Waals surface area (Å²) < 4.78 is 27.6. The quantitative estimate of drug-likeness (QED) is 0.114. The van der Waals surface area contributed by atoms with E-state index in [0.29, 0.717) is 54.9 Å². The van der Waals surface area contributed by atoms with Gasteiger partial charge in [-0.25, -0.2) is 19.2 Å². The van der Waals surface area contributed by atoms with Crippen LogP contribution in [0.15, 0.2) is 55.1 Å². The second-order valence-electron chi connectivity index (χ2n) is 9.62. The van der Waals surface area contributed by atoms with E-state index in [1.54, 1.807) is 29.1 Å². The Morgan fingerprint density at radius 2 is 2.02 bits per heavy atom. The Morgan fingerprint density at radius 1 is 1.23 bits per heavy atom. The number of hydrogen-bond donors (Lipinski definition) is 2. The van der Waals surface area contributed by atoms with E-state index in [4.69, 9.17) is 9.47 Å². The third kappa shape index (κ3) is 8.20. The number of aromatic nitrogens is 4. The van der Waals surface area contributed by atoms with Crippen LogP contribution in [0, 0.1) is 27.3 Å². The van der Waals surface area contributed by atoms with Gasteiger partial charge >= 0.3 is 6.09 Å². The molecule has 0 radical (unpaired) electrons. The number of nitrogens with zero attached hydrogens (tertiary/aromatic N) is 6. The molecule has 0 bridgehead atoms. The Bertz CT molecular complexity index is 1600. The zero-order valence-electron chi connectivity index (χ0n) is 23.7. The molecule has 13 nitrogen and oxygen atoms in total. The highest BCUT2D eigenvalue weighted by Crippen LogP contribution is 2.27. The minimum Gasteiger partial charge on any atom is -0.475 e. The van der Waals surface area contributed by atoms with E-state index < -0.39 is 22.9 Å². The summed E-state index contributed by atoms with van der Waals surface area (Å²) in [5.41, 5.74) is 1.75. The number of pyridine rings is 1. The molecule has 2 N–H and O–H groups in total. The van der Waals surface area contributed by atoms with Crippen LogP contribution in [0.4, 0.5) is 14.9 Å². The van der Waals surface area contributed by atoms with Gasteiger partial charge in [-0.2, -0.15) is 5.26 Å². The highest BCUT2D eigenvalue weighted by molar-refractivity contribution is 5.71. The fraction of sp³-hybridized carbons (Fsp3) is 0.345. The molecule has 0 spiro atoms. The summed E-state index contributed by atoms with van der Waals surface area (Å²) in [7, 11) is 0. The Hall–Kier alpha value is -5.16. The summed E-state index contributed by atoms with van der Waals surface area (Å²) in [5, 5.41) is 25.9. The lowest BCUT2D eigenvalue weighted by atomic mass is 10.1. The van der Waals surface area contributed by atoms with E-state index in [2.05, 4.69) is 25.6 Å². The van der Waals surface area contributed by atoms with Crippen LogP contribution < -0.4 is 20.1 Å². The number of fused-ring (bicyclic) bond motifs is 1. The van der Waals surface area contributed by atoms with Crippen LogP contribution in [0.3, 0.4) is 0 Å². The Labute approximate surface area is 246 Å². The van der Waals surface area contributed by atoms with Crippen molar-refractivity contribution >= 4 is 17.4 Å². The molecule has 2 atom stereocenters. The number of halogens is 1. The maximum Gasteiger partial charge on any atom is 0.413 e. The number of carbonyl (C=O) groups is 1. The Morgan fingerprint density at radius 3 is 2.74 bits per heavy atom. The van der Waals surface area contributed by atoms with Gasteiger partial charge in [0.25, 0.3) is 11.6 Å². The van der Waals surface area contributed by atoms with Crippen LogP contribution in [-0.2, 0) is 0 Å². The number of non-ortho nitro benzene ring substituents is 1. The number of nitro benzene ring substituents is 1. The molecule has 43 heavy (non-hydrogen) atoms. The highest BCUT2D eigenvalue weighted by atomic mass is 19.1. The van der Waals surface area contributed by atoms with Crippen molar-refractivity contribution in [3.63, 3.8) is 0 Å². The average Bonchev–Trinajstić information content (AvgIpc) is 3.48. The number of hydrogen-bond acceptors (Lipinski definition) is 10. The summed E-state index contributed by atoms with van der Waals surface area (Å²) in [5.74, 6) is -0.107. The number of nitro groups is 1. The third-order valence-electron chi connectivity index (χ3n) is 6.53. The van der Waals surface area contributed by atoms with Gasteiger partial charge in [0, 0.05) is 42.3 Å². The van der Waals surface area contributed by atoms with Crippen molar-refractivity contribution in [3.05, 3.63) is 76.7 Å². The lowest BCUT2D eigenvalue weighted by molar-refractivity contribution is -0.384. The van der Waals surface area contributed by atoms with E-state index in [1.165, 1.54) is 30.5 Å². The number of nitriles is 1. The van der Waals surface area contributed by atoms with Gasteiger partial charge in [-0.15, -0.1) is 0 Å². The second kappa shape index (κ2) is 14.6. The highest BCUT2D eigenvalue weighted by Gasteiger charge is 2.17. The van der Waals surface area contributed by atoms with Crippen molar-refractivity contribution in [3.8, 4) is 29.0 Å². The van der Waals surface area contributed by atoms with Crippen LogP contribution >= 0.6 is 0 Å². The number of carbonyl (C=O) groups excluding carboxylic acids is 1. The molecule has 3 heterocycles. The maximum absolute atomic E-state index is 14.8. The lowest BCUT2D eigenvalue weighted by Crippen LogP contribution is -2.35. The van der Waals surface area contributed by atoms with Gasteiger partial charge in [-0.05, 0) is 50.9 Å². The number of nitrogens with one attached hydrogen (secondary N) is 2. The molecule has 0 saturated heterocycles. The van der Waals surface area contributed by atoms with Crippen molar-refractivity contribution in [2.24, 2.45) is 0 Å². The molecule has 0 fully saturated rings. The predicted octanol–water partition coefficient (Wildman–Crippen LogP) is 5.13. The van der Waals surface area contributed by atoms with Crippen LogP contribution in [0.25, 0.3) is 16.9 Å². The Kier molecular flexibility index (Phi) is 10.5. The summed E-state index contributed by atoms with van der Waals surface area (Å²) in [4.78, 5) is 35.4. The third-order valence-corrected chi connectivity index (χ3v) is 6.53. The molecule has 3 aromatic heterocycles. The van der Waals surface area contributed by atoms with Crippen LogP contribution in [0.1, 0.15) is 51.3 Å². The van der Waals surface area contributed by atoms with Gasteiger partial charge in [0.1, 0.15) is 11.8 Å². The fourth-order valence-electron chi connectivity index (χ4n) is 4.31. The average molecular weight is 591 g/mol. The molecule has 4 rings (SSSR count). The summed E-state index contributed by atoms with van der Waals surface area (Å²) in [6.07, 6.45) is 7.75. The number of unbranched alkanes of at least 4 members (excludes halogenated alkanes) is 2. The summed E-state index contributed by atoms with van der Waals surface area (Å²) in [6, 6.07) is 7.91. The van der Waals surface area contributed by atoms with Gasteiger partial charge in [-0.3, -0.25) is 15.1 Å². The first-order valence-corrected chi connectivity index (χ1v) is 13.8. The topological polar surface area (TPSA) is 170 Å². The molecule has 1 unspecified atom stereocenters. The van der Waals surface area contributed by atoms with Crippen LogP contribution in [0.5, 0.6) is 11.6 Å². The minimum absolute atomic E-state index is 0.0615. The maximum atomic E-state index is 14.8. The van der Waals surface area contributed by atoms with Crippen LogP contribution in [0.2, 0.25) is 0 Å². The molecule has 1 amide bonds. The predicted molar refractivity (Wildman–Crippen MR) is 154 cm³/mol. The summed E-state index contributed by atoms with van der Waals surface area (Å²) in [6.45, 7) is 5.00. The van der Waals surface area contributed by atoms with Gasteiger partial charge < -0.3 is 24.5 Å². The van der Waals surface area contributed by atoms with Crippen LogP contribution in [-0.4, -0.2) is 49.6 Å². The molecule has 14 heteroatoms. The van der Waals surface area contributed by atoms with E-state index >= 15 is 0 Å². The first-order chi connectivity index (χ1) is 20.8. The first kappa shape index (κ1) is 30.8. The van der Waals surface area contributed by atoms with Crippen molar-refractivity contribution in [1.82, 2.24) is 30.0 Å². The van der Waals surface area contributed by atoms with Crippen molar-refractivity contribution in [2.75, 3.05) is 13.2 Å². The molecular weight excluding hydrogens is 559 g/mol. The van der Waals surface area contributed by atoms with Gasteiger partial charge in [0.2, 0.25) is 5.65 Å². The molecule has 0 aliphatic rings. The molecule has 4 aromatic rings. The molecule has 0 aliphatic carbocycles. The number of benzene rings is 1. The largest absolute Gasteiger partial charge is 0.475 e. The Balaban J connectivity index is 1.28. The van der Waals surface area contributed by atoms with Gasteiger partial charge in [0.15, 0.2) is 5.82 Å². The van der Waals surface area contributed by atoms with E-state index in [1.807, 2.05) is 19.9 Å². The fourth-order valence-corrected chi connectivity index (χ4v) is 4.31. The zero-order valence-corrected chi connectivity index (χ0v) is 23.7. The minimum atomic E-state index is -0.827. The SMILES string of the molecule is CCN[C@H](C)c1cc(-c2cn3ccnc3c(OCCCCCC(C#N)NC(=O)Oc3ccc([N+](=O)[O-])cc3)n2)c(F)cn1. The van der Waals surface area contributed by atoms with Gasteiger partial charge in [0.05, 0.1) is 35.2 Å². The molecular formula is C29H31FN8O5. The van der Waals surface area contributed by atoms with E-state index in [9.17, 15) is 24.6 Å². The van der Waals surface area contributed by atoms with E-state index in [0.717, 1.165) is 6.54 Å². The molecule has 0 aliphatic heterocycles. The lowest BCUT2D eigenvalue weighted by Gasteiger charge is -2.14. The number of imidazole rings is 1. The normalized spacial score (nSPS) is 12.3. The number of ether oxygens (including phenoxy) is 2. The second-order valence-corrected chi connectivity index (χ2v) is 9.62. The molecule has 1 aromatic carbocycles. The van der Waals surface area contributed by atoms with Gasteiger partial charge in [-0.1, -0.05) is 13.3 Å². The standard InChI is InChI=1S/C29H31FN8O5/c1-3-32-19(2)25-15-23(24(30)17-34-25)26-18-37-13-12-33-27(37)28(36-26)42-14-6-4-5-7-20(16-31)35-29(39)43-22-10-8-21(9-11-22)38(40)41/h8-13,15,17-20,32H,3-7,14H2,1-2H3,(H,35,39)/t19-,20?/m1/s1. The van der Waals surface area contributed by atoms with Crippen molar-refractivity contribution < 1.29 is 23.6 Å². The number of amides is 1. The number of rotatable bonds is 14. The first-order valence-electron chi connectivity index (χ1n) is 13.8. The molecule has 0 saturated carbocycles. The van der Waals surface area contributed by atoms with Crippen molar-refractivity contribution in [2.45, 2.75) is 51.6 Å². The van der Waals surface area contributed by atoms with E-state index in [-0.39, 0.29) is 23.4 Å². The monoisotopic (exact) mass is 590 g/mol. The van der Waals surface area contributed by atoms with Crippen molar-refractivity contribution in [1.29, 1.82) is 5.26 Å². The molecule has 224 valence electrons. The zero-order chi connectivity index (χ0) is 30.8. The summed E-state index contributed by atoms with van der Waals surface area (Å²) >= 11 is 0. The smallest absolute Gasteiger partial charge is 0.413 e.